The Kier molecular flexibility index (Phi) is 4.37. The van der Waals surface area contributed by atoms with Crippen molar-refractivity contribution in [3.8, 4) is 0 Å². The van der Waals surface area contributed by atoms with Crippen LogP contribution in [0.25, 0.3) is 0 Å². The second-order valence-corrected chi connectivity index (χ2v) is 8.95. The number of rotatable bonds is 4. The van der Waals surface area contributed by atoms with Gasteiger partial charge in [-0.25, -0.2) is 13.1 Å². The Morgan fingerprint density at radius 1 is 1.55 bits per heavy atom. The quantitative estimate of drug-likeness (QED) is 0.867. The number of halogens is 2. The highest BCUT2D eigenvalue weighted by Gasteiger charge is 2.47. The molecule has 1 aromatic heterocycles. The predicted molar refractivity (Wildman–Crippen MR) is 78.0 cm³/mol. The van der Waals surface area contributed by atoms with Gasteiger partial charge in [-0.2, -0.15) is 0 Å². The molecule has 2 unspecified atom stereocenters. The molecule has 1 aromatic rings. The lowest BCUT2D eigenvalue weighted by Crippen LogP contribution is -2.46. The summed E-state index contributed by atoms with van der Waals surface area (Å²) in [5.41, 5.74) is -1.10. The molecular formula is C11H13Cl2NO4S2. The molecule has 1 fully saturated rings. The van der Waals surface area contributed by atoms with Crippen molar-refractivity contribution in [2.45, 2.75) is 37.1 Å². The molecule has 2 atom stereocenters. The molecule has 9 heteroatoms. The highest BCUT2D eigenvalue weighted by molar-refractivity contribution is 7.89. The zero-order chi connectivity index (χ0) is 15.1. The molecule has 0 aliphatic heterocycles. The maximum absolute atomic E-state index is 12.3. The second-order valence-electron chi connectivity index (χ2n) is 4.98. The zero-order valence-corrected chi connectivity index (χ0v) is 13.7. The fraction of sp³-hybridized carbons (Fsp3) is 0.545. The molecule has 112 valence electrons. The third-order valence-electron chi connectivity index (χ3n) is 3.66. The van der Waals surface area contributed by atoms with Gasteiger partial charge in [0.25, 0.3) is 0 Å². The van der Waals surface area contributed by atoms with Gasteiger partial charge < -0.3 is 5.11 Å². The molecule has 0 saturated heterocycles. The Morgan fingerprint density at radius 2 is 2.20 bits per heavy atom. The number of carboxylic acids is 1. The predicted octanol–water partition coefficient (Wildman–Crippen LogP) is 2.98. The Balaban J connectivity index is 2.29. The van der Waals surface area contributed by atoms with Gasteiger partial charge in [0.2, 0.25) is 10.0 Å². The van der Waals surface area contributed by atoms with Crippen molar-refractivity contribution in [3.05, 3.63) is 14.7 Å². The first-order chi connectivity index (χ1) is 9.17. The van der Waals surface area contributed by atoms with Gasteiger partial charge in [-0.15, -0.1) is 11.3 Å². The molecule has 0 bridgehead atoms. The molecule has 1 heterocycles. The highest BCUT2D eigenvalue weighted by Crippen LogP contribution is 2.40. The minimum Gasteiger partial charge on any atom is -0.481 e. The monoisotopic (exact) mass is 357 g/mol. The maximum atomic E-state index is 12.3. The van der Waals surface area contributed by atoms with E-state index in [0.29, 0.717) is 19.3 Å². The molecule has 0 spiro atoms. The van der Waals surface area contributed by atoms with E-state index in [1.54, 1.807) is 6.92 Å². The number of nitrogens with one attached hydrogen (secondary N) is 1. The molecule has 1 saturated carbocycles. The third kappa shape index (κ3) is 2.82. The molecule has 2 rings (SSSR count). The minimum absolute atomic E-state index is 0.0672. The summed E-state index contributed by atoms with van der Waals surface area (Å²) in [6.07, 6.45) is 1.58. The smallest absolute Gasteiger partial charge is 0.310 e. The van der Waals surface area contributed by atoms with Gasteiger partial charge in [0.05, 0.1) is 9.75 Å². The Labute approximate surface area is 130 Å². The van der Waals surface area contributed by atoms with Crippen molar-refractivity contribution < 1.29 is 18.3 Å². The van der Waals surface area contributed by atoms with Crippen LogP contribution in [0.3, 0.4) is 0 Å². The van der Waals surface area contributed by atoms with E-state index >= 15 is 0 Å². The minimum atomic E-state index is -3.88. The van der Waals surface area contributed by atoms with Crippen LogP contribution in [-0.4, -0.2) is 25.5 Å². The summed E-state index contributed by atoms with van der Waals surface area (Å²) in [5.74, 6) is -1.00. The van der Waals surface area contributed by atoms with Crippen LogP contribution in [0.1, 0.15) is 26.2 Å². The molecule has 2 N–H and O–H groups in total. The normalized spacial score (nSPS) is 26.9. The number of carbonyl (C=O) groups is 1. The van der Waals surface area contributed by atoms with Gasteiger partial charge in [0.15, 0.2) is 0 Å². The largest absolute Gasteiger partial charge is 0.481 e. The van der Waals surface area contributed by atoms with E-state index in [0.717, 1.165) is 11.3 Å². The standard InChI is InChI=1S/C11H13Cl2NO4S2/c1-11(10(15)16)4-2-3-7(11)14-20(17,18)6-5-8(12)19-9(6)13/h5,7,14H,2-4H2,1H3,(H,15,16). The number of hydrogen-bond donors (Lipinski definition) is 2. The van der Waals surface area contributed by atoms with Gasteiger partial charge in [-0.3, -0.25) is 4.79 Å². The first-order valence-corrected chi connectivity index (χ1v) is 8.93. The summed E-state index contributed by atoms with van der Waals surface area (Å²) < 4.78 is 27.4. The fourth-order valence-electron chi connectivity index (χ4n) is 2.37. The summed E-state index contributed by atoms with van der Waals surface area (Å²) in [6.45, 7) is 1.55. The van der Waals surface area contributed by atoms with Crippen LogP contribution in [0.15, 0.2) is 11.0 Å². The van der Waals surface area contributed by atoms with E-state index in [4.69, 9.17) is 23.2 Å². The molecule has 5 nitrogen and oxygen atoms in total. The first kappa shape index (κ1) is 16.0. The topological polar surface area (TPSA) is 83.5 Å². The van der Waals surface area contributed by atoms with Crippen LogP contribution in [0.2, 0.25) is 8.67 Å². The fourth-order valence-corrected chi connectivity index (χ4v) is 5.90. The lowest BCUT2D eigenvalue weighted by Gasteiger charge is -2.27. The lowest BCUT2D eigenvalue weighted by molar-refractivity contribution is -0.148. The van der Waals surface area contributed by atoms with Crippen LogP contribution in [-0.2, 0) is 14.8 Å². The Morgan fingerprint density at radius 3 is 2.70 bits per heavy atom. The highest BCUT2D eigenvalue weighted by atomic mass is 35.5. The van der Waals surface area contributed by atoms with E-state index < -0.39 is 27.4 Å². The van der Waals surface area contributed by atoms with Crippen molar-refractivity contribution in [2.24, 2.45) is 5.41 Å². The lowest BCUT2D eigenvalue weighted by atomic mass is 9.85. The maximum Gasteiger partial charge on any atom is 0.310 e. The van der Waals surface area contributed by atoms with Crippen molar-refractivity contribution in [1.82, 2.24) is 4.72 Å². The van der Waals surface area contributed by atoms with Crippen LogP contribution in [0, 0.1) is 5.41 Å². The van der Waals surface area contributed by atoms with Crippen molar-refractivity contribution in [1.29, 1.82) is 0 Å². The van der Waals surface area contributed by atoms with E-state index in [-0.39, 0.29) is 13.6 Å². The Bertz CT molecular complexity index is 643. The number of aliphatic carboxylic acids is 1. The van der Waals surface area contributed by atoms with E-state index in [2.05, 4.69) is 4.72 Å². The van der Waals surface area contributed by atoms with Crippen molar-refractivity contribution >= 4 is 50.5 Å². The van der Waals surface area contributed by atoms with Gasteiger partial charge >= 0.3 is 5.97 Å². The molecule has 1 aliphatic rings. The third-order valence-corrected chi connectivity index (χ3v) is 6.88. The second kappa shape index (κ2) is 5.46. The average molecular weight is 358 g/mol. The first-order valence-electron chi connectivity index (χ1n) is 5.87. The van der Waals surface area contributed by atoms with Crippen LogP contribution < -0.4 is 4.72 Å². The van der Waals surface area contributed by atoms with Crippen LogP contribution >= 0.6 is 34.5 Å². The molecule has 1 aliphatic carbocycles. The van der Waals surface area contributed by atoms with E-state index in [1.165, 1.54) is 6.07 Å². The SMILES string of the molecule is CC1(C(=O)O)CCCC1NS(=O)(=O)c1cc(Cl)sc1Cl. The number of sulfonamides is 1. The summed E-state index contributed by atoms with van der Waals surface area (Å²) in [4.78, 5) is 11.2. The van der Waals surface area contributed by atoms with Crippen LogP contribution in [0.4, 0.5) is 0 Å². The summed E-state index contributed by atoms with van der Waals surface area (Å²) >= 11 is 12.5. The van der Waals surface area contributed by atoms with Crippen LogP contribution in [0.5, 0.6) is 0 Å². The summed E-state index contributed by atoms with van der Waals surface area (Å²) in [5, 5.41) is 9.29. The van der Waals surface area contributed by atoms with E-state index in [1.807, 2.05) is 0 Å². The molecular weight excluding hydrogens is 345 g/mol. The molecule has 0 amide bonds. The van der Waals surface area contributed by atoms with Gasteiger partial charge in [0.1, 0.15) is 9.23 Å². The Hall–Kier alpha value is -0.340. The number of thiophene rings is 1. The average Bonchev–Trinajstić information content (AvgIpc) is 2.84. The molecule has 20 heavy (non-hydrogen) atoms. The number of hydrogen-bond acceptors (Lipinski definition) is 4. The van der Waals surface area contributed by atoms with E-state index in [9.17, 15) is 18.3 Å². The molecule has 0 aromatic carbocycles. The summed E-state index contributed by atoms with van der Waals surface area (Å²) in [6, 6.07) is 0.615. The molecule has 0 radical (unpaired) electrons. The van der Waals surface area contributed by atoms with Gasteiger partial charge in [0, 0.05) is 6.04 Å². The van der Waals surface area contributed by atoms with Gasteiger partial charge in [-0.1, -0.05) is 29.6 Å². The zero-order valence-electron chi connectivity index (χ0n) is 10.5. The summed E-state index contributed by atoms with van der Waals surface area (Å²) in [7, 11) is -3.88. The van der Waals surface area contributed by atoms with Crippen molar-refractivity contribution in [3.63, 3.8) is 0 Å². The van der Waals surface area contributed by atoms with Crippen molar-refractivity contribution in [2.75, 3.05) is 0 Å². The number of carboxylic acid groups (broad SMARTS) is 1. The van der Waals surface area contributed by atoms with Gasteiger partial charge in [-0.05, 0) is 25.8 Å².